The van der Waals surface area contributed by atoms with E-state index in [4.69, 9.17) is 10.2 Å². The summed E-state index contributed by atoms with van der Waals surface area (Å²) in [6.45, 7) is 0.842. The second kappa shape index (κ2) is 5.44. The van der Waals surface area contributed by atoms with Crippen molar-refractivity contribution in [2.24, 2.45) is 5.73 Å². The second-order valence-corrected chi connectivity index (χ2v) is 4.66. The highest BCUT2D eigenvalue weighted by atomic mass is 32.2. The van der Waals surface area contributed by atoms with Gasteiger partial charge >= 0.3 is 0 Å². The van der Waals surface area contributed by atoms with Crippen LogP contribution in [0.5, 0.6) is 0 Å². The minimum Gasteiger partial charge on any atom is -0.465 e. The lowest BCUT2D eigenvalue weighted by atomic mass is 10.3. The Morgan fingerprint density at radius 3 is 2.64 bits per heavy atom. The van der Waals surface area contributed by atoms with Gasteiger partial charge in [0, 0.05) is 6.42 Å². The average molecular weight is 214 g/mol. The molecule has 4 heteroatoms. The molecule has 1 aromatic rings. The monoisotopic (exact) mass is 214 g/mol. The molecule has 0 aliphatic carbocycles. The molecule has 0 saturated heterocycles. The van der Waals surface area contributed by atoms with Gasteiger partial charge in [-0.05, 0) is 32.5 Å². The third-order valence-electron chi connectivity index (χ3n) is 1.89. The van der Waals surface area contributed by atoms with Crippen molar-refractivity contribution < 1.29 is 4.42 Å². The topological polar surface area (TPSA) is 42.4 Å². The molecule has 1 atom stereocenters. The van der Waals surface area contributed by atoms with E-state index >= 15 is 0 Å². The maximum Gasteiger partial charge on any atom is 0.118 e. The van der Waals surface area contributed by atoms with E-state index in [0.29, 0.717) is 0 Å². The SMILES string of the molecule is CSC(N)Cc1ccc(CN(C)C)o1. The lowest BCUT2D eigenvalue weighted by Gasteiger charge is -2.07. The van der Waals surface area contributed by atoms with Crippen LogP contribution in [0, 0.1) is 0 Å². The van der Waals surface area contributed by atoms with E-state index in [1.165, 1.54) is 0 Å². The standard InChI is InChI=1S/C10H18N2OS/c1-12(2)7-9-5-4-8(13-9)6-10(11)14-3/h4-5,10H,6-7,11H2,1-3H3. The number of thioether (sulfide) groups is 1. The van der Waals surface area contributed by atoms with Crippen molar-refractivity contribution in [2.75, 3.05) is 20.4 Å². The van der Waals surface area contributed by atoms with E-state index < -0.39 is 0 Å². The van der Waals surface area contributed by atoms with E-state index in [9.17, 15) is 0 Å². The molecule has 0 radical (unpaired) electrons. The summed E-state index contributed by atoms with van der Waals surface area (Å²) in [6, 6.07) is 4.03. The van der Waals surface area contributed by atoms with Crippen LogP contribution < -0.4 is 5.73 Å². The van der Waals surface area contributed by atoms with Crippen LogP contribution in [-0.2, 0) is 13.0 Å². The van der Waals surface area contributed by atoms with Crippen LogP contribution >= 0.6 is 11.8 Å². The molecule has 3 nitrogen and oxygen atoms in total. The predicted octanol–water partition coefficient (Wildman–Crippen LogP) is 1.53. The van der Waals surface area contributed by atoms with Gasteiger partial charge in [0.15, 0.2) is 0 Å². The summed E-state index contributed by atoms with van der Waals surface area (Å²) >= 11 is 1.65. The van der Waals surface area contributed by atoms with Crippen molar-refractivity contribution in [2.45, 2.75) is 18.3 Å². The Hall–Kier alpha value is -0.450. The maximum absolute atomic E-state index is 5.81. The van der Waals surface area contributed by atoms with Crippen molar-refractivity contribution in [1.82, 2.24) is 4.90 Å². The minimum atomic E-state index is 0.133. The fourth-order valence-corrected chi connectivity index (χ4v) is 1.54. The Kier molecular flexibility index (Phi) is 4.51. The Morgan fingerprint density at radius 2 is 2.07 bits per heavy atom. The molecule has 1 rings (SSSR count). The molecular weight excluding hydrogens is 196 g/mol. The first kappa shape index (κ1) is 11.6. The zero-order valence-corrected chi connectivity index (χ0v) is 9.80. The van der Waals surface area contributed by atoms with E-state index in [-0.39, 0.29) is 5.37 Å². The Labute approximate surface area is 89.6 Å². The van der Waals surface area contributed by atoms with Gasteiger partial charge in [-0.15, -0.1) is 11.8 Å². The summed E-state index contributed by atoms with van der Waals surface area (Å²) in [6.07, 6.45) is 2.81. The molecule has 80 valence electrons. The van der Waals surface area contributed by atoms with Crippen LogP contribution in [0.25, 0.3) is 0 Å². The summed E-state index contributed by atoms with van der Waals surface area (Å²) in [5.41, 5.74) is 5.81. The van der Waals surface area contributed by atoms with Crippen LogP contribution in [0.1, 0.15) is 11.5 Å². The first-order chi connectivity index (χ1) is 6.61. The van der Waals surface area contributed by atoms with Gasteiger partial charge in [-0.25, -0.2) is 0 Å². The van der Waals surface area contributed by atoms with Gasteiger partial charge in [0.25, 0.3) is 0 Å². The smallest absolute Gasteiger partial charge is 0.118 e. The molecule has 1 heterocycles. The first-order valence-corrected chi connectivity index (χ1v) is 5.91. The Balaban J connectivity index is 2.50. The molecule has 0 aliphatic rings. The Bertz CT molecular complexity index is 273. The summed E-state index contributed by atoms with van der Waals surface area (Å²) in [5.74, 6) is 1.97. The van der Waals surface area contributed by atoms with Crippen molar-refractivity contribution in [3.63, 3.8) is 0 Å². The molecular formula is C10H18N2OS. The maximum atomic E-state index is 5.81. The zero-order chi connectivity index (χ0) is 10.6. The lowest BCUT2D eigenvalue weighted by Crippen LogP contribution is -2.17. The van der Waals surface area contributed by atoms with Crippen molar-refractivity contribution in [1.29, 1.82) is 0 Å². The van der Waals surface area contributed by atoms with Gasteiger partial charge in [-0.3, -0.25) is 0 Å². The van der Waals surface area contributed by atoms with Crippen LogP contribution in [0.2, 0.25) is 0 Å². The lowest BCUT2D eigenvalue weighted by molar-refractivity contribution is 0.341. The number of nitrogens with two attached hydrogens (primary N) is 1. The molecule has 0 fully saturated rings. The third-order valence-corrected chi connectivity index (χ3v) is 2.67. The van der Waals surface area contributed by atoms with Gasteiger partial charge in [-0.1, -0.05) is 0 Å². The number of nitrogens with zero attached hydrogens (tertiary/aromatic N) is 1. The van der Waals surface area contributed by atoms with Gasteiger partial charge in [-0.2, -0.15) is 0 Å². The number of furan rings is 1. The number of hydrogen-bond acceptors (Lipinski definition) is 4. The molecule has 1 aromatic heterocycles. The summed E-state index contributed by atoms with van der Waals surface area (Å²) in [4.78, 5) is 2.08. The quantitative estimate of drug-likeness (QED) is 0.755. The normalized spacial score (nSPS) is 13.5. The Morgan fingerprint density at radius 1 is 1.43 bits per heavy atom. The van der Waals surface area contributed by atoms with Gasteiger partial charge in [0.05, 0.1) is 11.9 Å². The van der Waals surface area contributed by atoms with Crippen LogP contribution in [0.15, 0.2) is 16.5 Å². The molecule has 0 amide bonds. The zero-order valence-electron chi connectivity index (χ0n) is 8.99. The van der Waals surface area contributed by atoms with Crippen LogP contribution in [-0.4, -0.2) is 30.6 Å². The molecule has 0 saturated carbocycles. The minimum absolute atomic E-state index is 0.133. The fraction of sp³-hybridized carbons (Fsp3) is 0.600. The van der Waals surface area contributed by atoms with E-state index in [1.54, 1.807) is 11.8 Å². The molecule has 1 unspecified atom stereocenters. The summed E-state index contributed by atoms with van der Waals surface area (Å²) in [7, 11) is 4.05. The molecule has 2 N–H and O–H groups in total. The largest absolute Gasteiger partial charge is 0.465 e. The number of hydrogen-bond donors (Lipinski definition) is 1. The number of rotatable bonds is 5. The van der Waals surface area contributed by atoms with Crippen molar-refractivity contribution in [3.8, 4) is 0 Å². The van der Waals surface area contributed by atoms with Crippen LogP contribution in [0.3, 0.4) is 0 Å². The van der Waals surface area contributed by atoms with Crippen LogP contribution in [0.4, 0.5) is 0 Å². The predicted molar refractivity (Wildman–Crippen MR) is 61.3 cm³/mol. The highest BCUT2D eigenvalue weighted by molar-refractivity contribution is 7.99. The highest BCUT2D eigenvalue weighted by Crippen LogP contribution is 2.13. The molecule has 0 spiro atoms. The highest BCUT2D eigenvalue weighted by Gasteiger charge is 2.07. The van der Waals surface area contributed by atoms with Gasteiger partial charge in [0.1, 0.15) is 11.5 Å². The van der Waals surface area contributed by atoms with Crippen molar-refractivity contribution in [3.05, 3.63) is 23.7 Å². The molecule has 0 aromatic carbocycles. The van der Waals surface area contributed by atoms with Gasteiger partial charge in [0.2, 0.25) is 0 Å². The van der Waals surface area contributed by atoms with E-state index in [0.717, 1.165) is 24.5 Å². The van der Waals surface area contributed by atoms with Crippen molar-refractivity contribution >= 4 is 11.8 Å². The summed E-state index contributed by atoms with van der Waals surface area (Å²) in [5, 5.41) is 0.133. The first-order valence-electron chi connectivity index (χ1n) is 4.62. The third kappa shape index (κ3) is 3.74. The fourth-order valence-electron chi connectivity index (χ4n) is 1.21. The summed E-state index contributed by atoms with van der Waals surface area (Å²) < 4.78 is 5.63. The van der Waals surface area contributed by atoms with E-state index in [2.05, 4.69) is 4.90 Å². The van der Waals surface area contributed by atoms with E-state index in [1.807, 2.05) is 32.5 Å². The van der Waals surface area contributed by atoms with Gasteiger partial charge < -0.3 is 15.1 Å². The molecule has 0 bridgehead atoms. The molecule has 14 heavy (non-hydrogen) atoms. The molecule has 0 aliphatic heterocycles. The second-order valence-electron chi connectivity index (χ2n) is 3.58. The average Bonchev–Trinajstić information content (AvgIpc) is 2.51.